The van der Waals surface area contributed by atoms with Crippen LogP contribution in [0.1, 0.15) is 15.2 Å². The van der Waals surface area contributed by atoms with E-state index in [2.05, 4.69) is 0 Å². The van der Waals surface area contributed by atoms with Gasteiger partial charge in [-0.15, -0.1) is 11.3 Å². The van der Waals surface area contributed by atoms with Crippen molar-refractivity contribution in [2.24, 2.45) is 0 Å². The second-order valence-corrected chi connectivity index (χ2v) is 5.84. The molecule has 0 amide bonds. The second kappa shape index (κ2) is 6.02. The maximum absolute atomic E-state index is 13.2. The van der Waals surface area contributed by atoms with Crippen LogP contribution in [-0.2, 0) is 6.42 Å². The van der Waals surface area contributed by atoms with Crippen molar-refractivity contribution >= 4 is 17.1 Å². The lowest BCUT2D eigenvalue weighted by Gasteiger charge is -1.99. The Morgan fingerprint density at radius 2 is 1.76 bits per heavy atom. The summed E-state index contributed by atoms with van der Waals surface area (Å²) in [5.41, 5.74) is 1.81. The van der Waals surface area contributed by atoms with Crippen molar-refractivity contribution < 1.29 is 9.18 Å². The topological polar surface area (TPSA) is 17.1 Å². The normalized spacial score (nSPS) is 10.5. The van der Waals surface area contributed by atoms with Crippen molar-refractivity contribution in [3.05, 3.63) is 83.0 Å². The molecule has 0 fully saturated rings. The quantitative estimate of drug-likeness (QED) is 0.621. The minimum absolute atomic E-state index is 0.0915. The highest BCUT2D eigenvalue weighted by molar-refractivity contribution is 7.17. The number of halogens is 1. The highest BCUT2D eigenvalue weighted by atomic mass is 32.1. The van der Waals surface area contributed by atoms with Crippen LogP contribution >= 0.6 is 11.3 Å². The largest absolute Gasteiger partial charge is 0.293 e. The van der Waals surface area contributed by atoms with E-state index in [9.17, 15) is 9.18 Å². The molecule has 0 N–H and O–H groups in total. The number of carbonyl (C=O) groups excluding carboxylic acids is 1. The van der Waals surface area contributed by atoms with Gasteiger partial charge in [-0.3, -0.25) is 4.79 Å². The summed E-state index contributed by atoms with van der Waals surface area (Å²) in [6.45, 7) is 0. The van der Waals surface area contributed by atoms with E-state index in [1.807, 2.05) is 48.5 Å². The smallest absolute Gasteiger partial charge is 0.177 e. The van der Waals surface area contributed by atoms with Crippen LogP contribution in [-0.4, -0.2) is 5.78 Å². The molecule has 3 heteroatoms. The molecule has 104 valence electrons. The van der Waals surface area contributed by atoms with Crippen LogP contribution in [0.4, 0.5) is 4.39 Å². The molecule has 21 heavy (non-hydrogen) atoms. The number of ketones is 1. The molecule has 3 aromatic rings. The van der Waals surface area contributed by atoms with Gasteiger partial charge < -0.3 is 0 Å². The highest BCUT2D eigenvalue weighted by Gasteiger charge is 2.11. The number of hydrogen-bond acceptors (Lipinski definition) is 2. The first-order valence-electron chi connectivity index (χ1n) is 6.65. The summed E-state index contributed by atoms with van der Waals surface area (Å²) in [4.78, 5) is 13.9. The van der Waals surface area contributed by atoms with Crippen molar-refractivity contribution in [3.8, 4) is 10.4 Å². The maximum Gasteiger partial charge on any atom is 0.177 e. The van der Waals surface area contributed by atoms with E-state index in [0.29, 0.717) is 11.3 Å². The van der Waals surface area contributed by atoms with Gasteiger partial charge in [-0.2, -0.15) is 0 Å². The van der Waals surface area contributed by atoms with Crippen molar-refractivity contribution in [1.29, 1.82) is 0 Å². The van der Waals surface area contributed by atoms with Crippen molar-refractivity contribution in [1.82, 2.24) is 0 Å². The average molecular weight is 296 g/mol. The van der Waals surface area contributed by atoms with E-state index < -0.39 is 0 Å². The van der Waals surface area contributed by atoms with Gasteiger partial charge in [0, 0.05) is 11.3 Å². The SMILES string of the molecule is O=C(Cc1ccccc1)c1ccc(-c2cccc(F)c2)s1. The molecule has 0 aliphatic carbocycles. The molecule has 0 bridgehead atoms. The molecular formula is C18H13FOS. The Bertz CT molecular complexity index is 762. The van der Waals surface area contributed by atoms with Gasteiger partial charge in [0.15, 0.2) is 5.78 Å². The number of Topliss-reactive ketones (excluding diaryl/α,β-unsaturated/α-hetero) is 1. The fourth-order valence-electron chi connectivity index (χ4n) is 2.15. The Morgan fingerprint density at radius 3 is 2.52 bits per heavy atom. The average Bonchev–Trinajstić information content (AvgIpc) is 2.98. The number of rotatable bonds is 4. The summed E-state index contributed by atoms with van der Waals surface area (Å²) in [6, 6.07) is 19.8. The Kier molecular flexibility index (Phi) is 3.93. The molecule has 1 heterocycles. The summed E-state index contributed by atoms with van der Waals surface area (Å²) < 4.78 is 13.2. The molecule has 0 aliphatic heterocycles. The Morgan fingerprint density at radius 1 is 0.952 bits per heavy atom. The van der Waals surface area contributed by atoms with E-state index in [4.69, 9.17) is 0 Å². The monoisotopic (exact) mass is 296 g/mol. The summed E-state index contributed by atoms with van der Waals surface area (Å²) in [6.07, 6.45) is 0.393. The third-order valence-corrected chi connectivity index (χ3v) is 4.37. The zero-order valence-electron chi connectivity index (χ0n) is 11.3. The molecule has 0 unspecified atom stereocenters. The van der Waals surface area contributed by atoms with Crippen LogP contribution in [0.2, 0.25) is 0 Å². The lowest BCUT2D eigenvalue weighted by atomic mass is 10.1. The van der Waals surface area contributed by atoms with E-state index in [0.717, 1.165) is 16.0 Å². The van der Waals surface area contributed by atoms with E-state index >= 15 is 0 Å². The summed E-state index contributed by atoms with van der Waals surface area (Å²) in [7, 11) is 0. The van der Waals surface area contributed by atoms with Crippen LogP contribution in [0.3, 0.4) is 0 Å². The van der Waals surface area contributed by atoms with E-state index in [1.54, 1.807) is 6.07 Å². The number of carbonyl (C=O) groups is 1. The summed E-state index contributed by atoms with van der Waals surface area (Å²) in [5, 5.41) is 0. The van der Waals surface area contributed by atoms with Crippen LogP contribution in [0.15, 0.2) is 66.7 Å². The highest BCUT2D eigenvalue weighted by Crippen LogP contribution is 2.29. The van der Waals surface area contributed by atoms with Gasteiger partial charge in [-0.25, -0.2) is 4.39 Å². The van der Waals surface area contributed by atoms with E-state index in [-0.39, 0.29) is 11.6 Å². The Hall–Kier alpha value is -2.26. The molecule has 0 spiro atoms. The van der Waals surface area contributed by atoms with Crippen molar-refractivity contribution in [2.45, 2.75) is 6.42 Å². The fraction of sp³-hybridized carbons (Fsp3) is 0.0556. The van der Waals surface area contributed by atoms with Gasteiger partial charge in [0.1, 0.15) is 5.82 Å². The van der Waals surface area contributed by atoms with E-state index in [1.165, 1.54) is 23.5 Å². The van der Waals surface area contributed by atoms with Gasteiger partial charge in [-0.1, -0.05) is 42.5 Å². The molecular weight excluding hydrogens is 283 g/mol. The molecule has 0 aliphatic rings. The van der Waals surface area contributed by atoms with Crippen molar-refractivity contribution in [3.63, 3.8) is 0 Å². The molecule has 0 radical (unpaired) electrons. The lowest BCUT2D eigenvalue weighted by Crippen LogP contribution is -2.00. The standard InChI is InChI=1S/C18H13FOS/c19-15-8-4-7-14(12-15)17-9-10-18(21-17)16(20)11-13-5-2-1-3-6-13/h1-10,12H,11H2. The Labute approximate surface area is 126 Å². The first kappa shape index (κ1) is 13.7. The number of benzene rings is 2. The predicted molar refractivity (Wildman–Crippen MR) is 84.2 cm³/mol. The third-order valence-electron chi connectivity index (χ3n) is 3.20. The fourth-order valence-corrected chi connectivity index (χ4v) is 3.09. The van der Waals surface area contributed by atoms with Crippen molar-refractivity contribution in [2.75, 3.05) is 0 Å². The molecule has 1 nitrogen and oxygen atoms in total. The first-order valence-corrected chi connectivity index (χ1v) is 7.47. The Balaban J connectivity index is 1.80. The van der Waals surface area contributed by atoms with Gasteiger partial charge in [-0.05, 0) is 35.4 Å². The zero-order valence-corrected chi connectivity index (χ0v) is 12.1. The van der Waals surface area contributed by atoms with Gasteiger partial charge in [0.2, 0.25) is 0 Å². The van der Waals surface area contributed by atoms with Gasteiger partial charge in [0.05, 0.1) is 4.88 Å². The zero-order chi connectivity index (χ0) is 14.7. The summed E-state index contributed by atoms with van der Waals surface area (Å²) in [5.74, 6) is -0.174. The predicted octanol–water partition coefficient (Wildman–Crippen LogP) is 4.98. The number of hydrogen-bond donors (Lipinski definition) is 0. The minimum Gasteiger partial charge on any atom is -0.293 e. The molecule has 2 aromatic carbocycles. The van der Waals surface area contributed by atoms with Crippen LogP contribution in [0, 0.1) is 5.82 Å². The molecule has 3 rings (SSSR count). The number of thiophene rings is 1. The maximum atomic E-state index is 13.2. The minimum atomic E-state index is -0.266. The molecule has 0 saturated heterocycles. The van der Waals surface area contributed by atoms with Gasteiger partial charge in [0.25, 0.3) is 0 Å². The van der Waals surface area contributed by atoms with Crippen LogP contribution < -0.4 is 0 Å². The molecule has 0 atom stereocenters. The third kappa shape index (κ3) is 3.26. The summed E-state index contributed by atoms with van der Waals surface area (Å²) >= 11 is 1.41. The molecule has 1 aromatic heterocycles. The molecule has 0 saturated carbocycles. The second-order valence-electron chi connectivity index (χ2n) is 4.76. The first-order chi connectivity index (χ1) is 10.2. The van der Waals surface area contributed by atoms with Gasteiger partial charge >= 0.3 is 0 Å². The van der Waals surface area contributed by atoms with Crippen LogP contribution in [0.5, 0.6) is 0 Å². The van der Waals surface area contributed by atoms with Crippen LogP contribution in [0.25, 0.3) is 10.4 Å². The lowest BCUT2D eigenvalue weighted by molar-refractivity contribution is 0.0997.